The van der Waals surface area contributed by atoms with Crippen LogP contribution in [0.1, 0.15) is 5.56 Å². The van der Waals surface area contributed by atoms with Crippen LogP contribution in [0.15, 0.2) is 71.9 Å². The summed E-state index contributed by atoms with van der Waals surface area (Å²) in [5.74, 6) is -0.297. The Hall–Kier alpha value is -3.85. The van der Waals surface area contributed by atoms with Crippen LogP contribution in [0.2, 0.25) is 0 Å². The van der Waals surface area contributed by atoms with Crippen molar-refractivity contribution in [2.24, 2.45) is 7.05 Å². The van der Waals surface area contributed by atoms with Gasteiger partial charge < -0.3 is 14.1 Å². The molecule has 33 heavy (non-hydrogen) atoms. The fraction of sp³-hybridized carbons (Fsp3) is 0.125. The molecule has 0 saturated heterocycles. The summed E-state index contributed by atoms with van der Waals surface area (Å²) >= 11 is 0. The maximum atomic E-state index is 13.4. The normalized spacial score (nSPS) is 12.0. The third kappa shape index (κ3) is 3.91. The van der Waals surface area contributed by atoms with Gasteiger partial charge in [0.25, 0.3) is 5.56 Å². The van der Waals surface area contributed by atoms with Crippen molar-refractivity contribution in [3.8, 4) is 11.1 Å². The third-order valence-corrected chi connectivity index (χ3v) is 6.23. The highest BCUT2D eigenvalue weighted by Crippen LogP contribution is 2.37. The van der Waals surface area contributed by atoms with E-state index in [1.807, 2.05) is 29.1 Å². The van der Waals surface area contributed by atoms with Crippen LogP contribution in [-0.2, 0) is 23.6 Å². The van der Waals surface area contributed by atoms with E-state index in [0.717, 1.165) is 39.2 Å². The molecule has 0 aliphatic rings. The predicted octanol–water partition coefficient (Wildman–Crippen LogP) is 4.05. The second-order valence-electron chi connectivity index (χ2n) is 8.13. The third-order valence-electron chi connectivity index (χ3n) is 5.62. The molecule has 9 heteroatoms. The molecule has 2 aromatic carbocycles. The molecule has 7 nitrogen and oxygen atoms in total. The van der Waals surface area contributed by atoms with Crippen molar-refractivity contribution in [3.05, 3.63) is 88.9 Å². The average molecular weight is 465 g/mol. The van der Waals surface area contributed by atoms with Gasteiger partial charge >= 0.3 is 0 Å². The number of aromatic nitrogens is 3. The fourth-order valence-corrected chi connectivity index (χ4v) is 4.87. The lowest BCUT2D eigenvalue weighted by molar-refractivity contribution is 0.607. The molecule has 3 heterocycles. The van der Waals surface area contributed by atoms with Crippen molar-refractivity contribution < 1.29 is 12.8 Å². The Morgan fingerprint density at radius 2 is 1.79 bits per heavy atom. The largest absolute Gasteiger partial charge is 0.345 e. The minimum Gasteiger partial charge on any atom is -0.345 e. The number of fused-ring (bicyclic) bond motifs is 2. The molecule has 0 radical (unpaired) electrons. The minimum absolute atomic E-state index is 0.204. The van der Waals surface area contributed by atoms with Crippen LogP contribution in [-0.4, -0.2) is 28.8 Å². The molecule has 0 aliphatic heterocycles. The molecule has 0 aliphatic carbocycles. The predicted molar refractivity (Wildman–Crippen MR) is 128 cm³/mol. The van der Waals surface area contributed by atoms with Gasteiger partial charge in [0.15, 0.2) is 0 Å². The number of hydrogen-bond donors (Lipinski definition) is 2. The molecule has 0 amide bonds. The molecular weight excluding hydrogens is 443 g/mol. The first-order valence-electron chi connectivity index (χ1n) is 10.2. The number of aromatic amines is 1. The summed E-state index contributed by atoms with van der Waals surface area (Å²) in [5, 5.41) is 1.59. The van der Waals surface area contributed by atoms with E-state index in [9.17, 15) is 17.6 Å². The van der Waals surface area contributed by atoms with Crippen LogP contribution in [0, 0.1) is 5.82 Å². The van der Waals surface area contributed by atoms with E-state index in [4.69, 9.17) is 0 Å². The van der Waals surface area contributed by atoms with Crippen molar-refractivity contribution >= 4 is 37.5 Å². The first-order chi connectivity index (χ1) is 15.7. The molecular formula is C24H21FN4O3S. The second kappa shape index (κ2) is 7.63. The molecule has 2 N–H and O–H groups in total. The number of nitrogens with zero attached hydrogens (tertiary/aromatic N) is 2. The number of benzene rings is 2. The molecule has 0 fully saturated rings. The van der Waals surface area contributed by atoms with E-state index in [0.29, 0.717) is 17.7 Å². The van der Waals surface area contributed by atoms with E-state index in [-0.39, 0.29) is 11.4 Å². The number of anilines is 1. The maximum absolute atomic E-state index is 13.4. The Labute approximate surface area is 189 Å². The number of H-pyrrole nitrogens is 1. The molecule has 5 rings (SSSR count). The van der Waals surface area contributed by atoms with E-state index < -0.39 is 10.0 Å². The first kappa shape index (κ1) is 21.0. The molecule has 3 aromatic heterocycles. The van der Waals surface area contributed by atoms with E-state index in [1.165, 1.54) is 12.1 Å². The summed E-state index contributed by atoms with van der Waals surface area (Å²) in [6.07, 6.45) is 6.49. The van der Waals surface area contributed by atoms with Crippen LogP contribution in [0.4, 0.5) is 10.1 Å². The SMILES string of the molecule is Cn1cc(-c2cc(NS(C)(=O)=O)cc3ccn(Cc4ccc(F)cc4)c23)c2cc[nH]c(=O)c21. The molecule has 0 unspecified atom stereocenters. The Morgan fingerprint density at radius 1 is 1.03 bits per heavy atom. The van der Waals surface area contributed by atoms with Gasteiger partial charge in [-0.1, -0.05) is 12.1 Å². The number of nitrogens with one attached hydrogen (secondary N) is 2. The number of halogens is 1. The lowest BCUT2D eigenvalue weighted by Gasteiger charge is -2.13. The van der Waals surface area contributed by atoms with Gasteiger partial charge in [-0.2, -0.15) is 0 Å². The number of pyridine rings is 1. The summed E-state index contributed by atoms with van der Waals surface area (Å²) in [5.41, 5.74) is 4.14. The van der Waals surface area contributed by atoms with E-state index >= 15 is 0 Å². The van der Waals surface area contributed by atoms with Crippen molar-refractivity contribution in [1.29, 1.82) is 0 Å². The van der Waals surface area contributed by atoms with Crippen LogP contribution in [0.25, 0.3) is 32.9 Å². The number of aryl methyl sites for hydroxylation is 1. The monoisotopic (exact) mass is 464 g/mol. The van der Waals surface area contributed by atoms with Crippen LogP contribution in [0.5, 0.6) is 0 Å². The smallest absolute Gasteiger partial charge is 0.272 e. The first-order valence-corrected chi connectivity index (χ1v) is 12.1. The van der Waals surface area contributed by atoms with Crippen LogP contribution < -0.4 is 10.3 Å². The zero-order chi connectivity index (χ0) is 23.3. The van der Waals surface area contributed by atoms with Gasteiger partial charge in [-0.05, 0) is 42.0 Å². The van der Waals surface area contributed by atoms with Gasteiger partial charge in [0.2, 0.25) is 10.0 Å². The van der Waals surface area contributed by atoms with E-state index in [2.05, 4.69) is 9.71 Å². The lowest BCUT2D eigenvalue weighted by atomic mass is 10.0. The Morgan fingerprint density at radius 3 is 2.52 bits per heavy atom. The van der Waals surface area contributed by atoms with Crippen LogP contribution in [0.3, 0.4) is 0 Å². The summed E-state index contributed by atoms with van der Waals surface area (Å²) in [4.78, 5) is 15.1. The lowest BCUT2D eigenvalue weighted by Crippen LogP contribution is -2.09. The number of rotatable bonds is 5. The highest BCUT2D eigenvalue weighted by molar-refractivity contribution is 7.92. The molecule has 5 aromatic rings. The van der Waals surface area contributed by atoms with Crippen LogP contribution >= 0.6 is 0 Å². The molecule has 0 spiro atoms. The summed E-state index contributed by atoms with van der Waals surface area (Å²) in [6.45, 7) is 0.501. The van der Waals surface area contributed by atoms with Crippen molar-refractivity contribution in [2.45, 2.75) is 6.54 Å². The van der Waals surface area contributed by atoms with Crippen molar-refractivity contribution in [2.75, 3.05) is 11.0 Å². The number of sulfonamides is 1. The van der Waals surface area contributed by atoms with Crippen molar-refractivity contribution in [1.82, 2.24) is 14.1 Å². The molecule has 0 bridgehead atoms. The van der Waals surface area contributed by atoms with Gasteiger partial charge in [0, 0.05) is 59.8 Å². The molecule has 0 atom stereocenters. The Kier molecular flexibility index (Phi) is 4.86. The average Bonchev–Trinajstić information content (AvgIpc) is 3.30. The Balaban J connectivity index is 1.78. The van der Waals surface area contributed by atoms with Gasteiger partial charge in [-0.3, -0.25) is 9.52 Å². The zero-order valence-electron chi connectivity index (χ0n) is 18.0. The summed E-state index contributed by atoms with van der Waals surface area (Å²) in [6, 6.07) is 13.6. The Bertz CT molecular complexity index is 1680. The number of hydrogen-bond acceptors (Lipinski definition) is 3. The quantitative estimate of drug-likeness (QED) is 0.411. The van der Waals surface area contributed by atoms with Gasteiger partial charge in [0.05, 0.1) is 11.8 Å². The van der Waals surface area contributed by atoms with Gasteiger partial charge in [-0.15, -0.1) is 0 Å². The zero-order valence-corrected chi connectivity index (χ0v) is 18.8. The second-order valence-corrected chi connectivity index (χ2v) is 9.88. The fourth-order valence-electron chi connectivity index (χ4n) is 4.33. The van der Waals surface area contributed by atoms with E-state index in [1.54, 1.807) is 42.1 Å². The summed E-state index contributed by atoms with van der Waals surface area (Å²) in [7, 11) is -1.69. The molecule has 0 saturated carbocycles. The van der Waals surface area contributed by atoms with Gasteiger partial charge in [-0.25, -0.2) is 12.8 Å². The highest BCUT2D eigenvalue weighted by atomic mass is 32.2. The minimum atomic E-state index is -3.49. The van der Waals surface area contributed by atoms with Crippen molar-refractivity contribution in [3.63, 3.8) is 0 Å². The highest BCUT2D eigenvalue weighted by Gasteiger charge is 2.18. The molecule has 168 valence electrons. The summed E-state index contributed by atoms with van der Waals surface area (Å²) < 4.78 is 43.6. The maximum Gasteiger partial charge on any atom is 0.272 e. The van der Waals surface area contributed by atoms with Gasteiger partial charge in [0.1, 0.15) is 11.3 Å². The topological polar surface area (TPSA) is 88.9 Å². The standard InChI is InChI=1S/C24H21FN4O3S/c1-28-14-21(19-7-9-26-24(30)23(19)28)20-12-18(27-33(2,31)32)11-16-8-10-29(22(16)20)13-15-3-5-17(25)6-4-15/h3-12,14,27H,13H2,1-2H3,(H,26,30).